The fraction of sp³-hybridized carbons (Fsp3) is 0.444. The quantitative estimate of drug-likeness (QED) is 0.786. The van der Waals surface area contributed by atoms with Crippen molar-refractivity contribution >= 4 is 18.1 Å². The van der Waals surface area contributed by atoms with Crippen molar-refractivity contribution in [2.45, 2.75) is 0 Å². The zero-order valence-electron chi connectivity index (χ0n) is 14.8. The second-order valence-corrected chi connectivity index (χ2v) is 6.04. The molecule has 0 aliphatic carbocycles. The number of nitrogens with zero attached hydrogens (tertiary/aromatic N) is 2. The summed E-state index contributed by atoms with van der Waals surface area (Å²) in [5.41, 5.74) is 0.878. The SMILES string of the molecule is COC(=O)N1CCN(CCNC(=O)/C=C/c2ccc3c(c2)OCO3)CC1. The molecule has 2 aliphatic heterocycles. The van der Waals surface area contributed by atoms with Crippen LogP contribution in [0.2, 0.25) is 0 Å². The molecule has 0 spiro atoms. The van der Waals surface area contributed by atoms with Gasteiger partial charge in [0.05, 0.1) is 7.11 Å². The lowest BCUT2D eigenvalue weighted by molar-refractivity contribution is -0.116. The highest BCUT2D eigenvalue weighted by molar-refractivity contribution is 5.91. The van der Waals surface area contributed by atoms with E-state index in [1.54, 1.807) is 11.0 Å². The molecule has 0 bridgehead atoms. The van der Waals surface area contributed by atoms with E-state index in [2.05, 4.69) is 10.2 Å². The van der Waals surface area contributed by atoms with Crippen LogP contribution in [0.3, 0.4) is 0 Å². The zero-order valence-corrected chi connectivity index (χ0v) is 14.8. The third kappa shape index (κ3) is 4.66. The van der Waals surface area contributed by atoms with Crippen LogP contribution in [0.4, 0.5) is 4.79 Å². The predicted molar refractivity (Wildman–Crippen MR) is 95.0 cm³/mol. The Kier molecular flexibility index (Phi) is 5.96. The minimum Gasteiger partial charge on any atom is -0.454 e. The largest absolute Gasteiger partial charge is 0.454 e. The van der Waals surface area contributed by atoms with Gasteiger partial charge in [-0.2, -0.15) is 0 Å². The number of carbonyl (C=O) groups excluding carboxylic acids is 2. The summed E-state index contributed by atoms with van der Waals surface area (Å²) < 4.78 is 15.3. The van der Waals surface area contributed by atoms with E-state index < -0.39 is 0 Å². The van der Waals surface area contributed by atoms with Crippen LogP contribution in [-0.4, -0.2) is 75.0 Å². The molecule has 1 aromatic rings. The molecular formula is C18H23N3O5. The number of nitrogens with one attached hydrogen (secondary N) is 1. The first kappa shape index (κ1) is 18.1. The van der Waals surface area contributed by atoms with E-state index in [1.807, 2.05) is 18.2 Å². The van der Waals surface area contributed by atoms with Crippen molar-refractivity contribution in [2.75, 3.05) is 53.2 Å². The topological polar surface area (TPSA) is 80.3 Å². The van der Waals surface area contributed by atoms with Gasteiger partial charge in [0.25, 0.3) is 0 Å². The third-order valence-corrected chi connectivity index (χ3v) is 4.36. The number of carbonyl (C=O) groups is 2. The van der Waals surface area contributed by atoms with Crippen molar-refractivity contribution in [1.82, 2.24) is 15.1 Å². The number of hydrogen-bond donors (Lipinski definition) is 1. The van der Waals surface area contributed by atoms with Gasteiger partial charge in [-0.25, -0.2) is 4.79 Å². The lowest BCUT2D eigenvalue weighted by Crippen LogP contribution is -2.50. The average molecular weight is 361 g/mol. The van der Waals surface area contributed by atoms with Crippen molar-refractivity contribution in [3.8, 4) is 11.5 Å². The van der Waals surface area contributed by atoms with Crippen molar-refractivity contribution < 1.29 is 23.8 Å². The lowest BCUT2D eigenvalue weighted by Gasteiger charge is -2.33. The van der Waals surface area contributed by atoms with Gasteiger partial charge in [0.1, 0.15) is 0 Å². The second kappa shape index (κ2) is 8.57. The molecule has 0 saturated carbocycles. The molecule has 2 aliphatic rings. The molecule has 8 nitrogen and oxygen atoms in total. The first-order chi connectivity index (χ1) is 12.7. The summed E-state index contributed by atoms with van der Waals surface area (Å²) >= 11 is 0. The highest BCUT2D eigenvalue weighted by Crippen LogP contribution is 2.32. The summed E-state index contributed by atoms with van der Waals surface area (Å²) in [4.78, 5) is 27.3. The molecule has 140 valence electrons. The van der Waals surface area contributed by atoms with Crippen molar-refractivity contribution in [3.05, 3.63) is 29.8 Å². The number of benzene rings is 1. The van der Waals surface area contributed by atoms with Gasteiger partial charge in [-0.3, -0.25) is 9.69 Å². The summed E-state index contributed by atoms with van der Waals surface area (Å²) in [6.07, 6.45) is 2.96. The minimum atomic E-state index is -0.286. The monoisotopic (exact) mass is 361 g/mol. The number of fused-ring (bicyclic) bond motifs is 1. The highest BCUT2D eigenvalue weighted by Gasteiger charge is 2.20. The Morgan fingerprint density at radius 3 is 2.73 bits per heavy atom. The molecular weight excluding hydrogens is 338 g/mol. The molecule has 2 heterocycles. The standard InChI is InChI=1S/C18H23N3O5/c1-24-18(23)21-10-8-20(9-11-21)7-6-19-17(22)5-3-14-2-4-15-16(12-14)26-13-25-15/h2-5,12H,6-11,13H2,1H3,(H,19,22)/b5-3+. The molecule has 0 radical (unpaired) electrons. The van der Waals surface area contributed by atoms with Gasteiger partial charge in [-0.15, -0.1) is 0 Å². The molecule has 1 aromatic carbocycles. The molecule has 1 N–H and O–H groups in total. The molecule has 26 heavy (non-hydrogen) atoms. The van der Waals surface area contributed by atoms with E-state index in [1.165, 1.54) is 13.2 Å². The fourth-order valence-electron chi connectivity index (χ4n) is 2.87. The number of amides is 2. The summed E-state index contributed by atoms with van der Waals surface area (Å²) in [5, 5.41) is 2.87. The Morgan fingerprint density at radius 2 is 1.96 bits per heavy atom. The number of piperazine rings is 1. The smallest absolute Gasteiger partial charge is 0.409 e. The number of ether oxygens (including phenoxy) is 3. The molecule has 0 unspecified atom stereocenters. The molecule has 3 rings (SSSR count). The van der Waals surface area contributed by atoms with Gasteiger partial charge in [-0.05, 0) is 23.8 Å². The zero-order chi connectivity index (χ0) is 18.4. The van der Waals surface area contributed by atoms with E-state index in [-0.39, 0.29) is 18.8 Å². The van der Waals surface area contributed by atoms with Crippen LogP contribution in [0.1, 0.15) is 5.56 Å². The van der Waals surface area contributed by atoms with Gasteiger partial charge in [0, 0.05) is 45.3 Å². The predicted octanol–water partition coefficient (Wildman–Crippen LogP) is 0.929. The van der Waals surface area contributed by atoms with Crippen molar-refractivity contribution in [3.63, 3.8) is 0 Å². The molecule has 1 fully saturated rings. The Balaban J connectivity index is 1.36. The van der Waals surface area contributed by atoms with Gasteiger partial charge in [-0.1, -0.05) is 6.07 Å². The molecule has 8 heteroatoms. The Morgan fingerprint density at radius 1 is 1.19 bits per heavy atom. The van der Waals surface area contributed by atoms with E-state index in [4.69, 9.17) is 14.2 Å². The van der Waals surface area contributed by atoms with Gasteiger partial charge in [0.15, 0.2) is 11.5 Å². The molecule has 2 amide bonds. The van der Waals surface area contributed by atoms with Crippen LogP contribution in [0.15, 0.2) is 24.3 Å². The molecule has 0 aromatic heterocycles. The van der Waals surface area contributed by atoms with Crippen molar-refractivity contribution in [1.29, 1.82) is 0 Å². The first-order valence-corrected chi connectivity index (χ1v) is 8.56. The maximum absolute atomic E-state index is 11.9. The summed E-state index contributed by atoms with van der Waals surface area (Å²) in [7, 11) is 1.39. The van der Waals surface area contributed by atoms with E-state index >= 15 is 0 Å². The maximum atomic E-state index is 11.9. The van der Waals surface area contributed by atoms with Crippen LogP contribution in [0, 0.1) is 0 Å². The number of hydrogen-bond acceptors (Lipinski definition) is 6. The highest BCUT2D eigenvalue weighted by atomic mass is 16.7. The third-order valence-electron chi connectivity index (χ3n) is 4.36. The average Bonchev–Trinajstić information content (AvgIpc) is 3.14. The fourth-order valence-corrected chi connectivity index (χ4v) is 2.87. The summed E-state index contributed by atoms with van der Waals surface area (Å²) in [6.45, 7) is 4.38. The Hall–Kier alpha value is -2.74. The summed E-state index contributed by atoms with van der Waals surface area (Å²) in [5.74, 6) is 1.27. The lowest BCUT2D eigenvalue weighted by atomic mass is 10.2. The number of methoxy groups -OCH3 is 1. The van der Waals surface area contributed by atoms with Crippen LogP contribution in [-0.2, 0) is 9.53 Å². The summed E-state index contributed by atoms with van der Waals surface area (Å²) in [6, 6.07) is 5.54. The first-order valence-electron chi connectivity index (χ1n) is 8.56. The van der Waals surface area contributed by atoms with E-state index in [0.717, 1.165) is 30.9 Å². The van der Waals surface area contributed by atoms with Gasteiger partial charge >= 0.3 is 6.09 Å². The van der Waals surface area contributed by atoms with Crippen LogP contribution in [0.25, 0.3) is 6.08 Å². The number of rotatable bonds is 5. The van der Waals surface area contributed by atoms with Crippen molar-refractivity contribution in [2.24, 2.45) is 0 Å². The Labute approximate surface area is 152 Å². The molecule has 1 saturated heterocycles. The normalized spacial score (nSPS) is 16.7. The molecule has 0 atom stereocenters. The van der Waals surface area contributed by atoms with Gasteiger partial charge in [0.2, 0.25) is 12.7 Å². The van der Waals surface area contributed by atoms with Crippen LogP contribution < -0.4 is 14.8 Å². The van der Waals surface area contributed by atoms with E-state index in [0.29, 0.717) is 25.4 Å². The van der Waals surface area contributed by atoms with Crippen LogP contribution in [0.5, 0.6) is 11.5 Å². The van der Waals surface area contributed by atoms with Gasteiger partial charge < -0.3 is 24.4 Å². The van der Waals surface area contributed by atoms with E-state index in [9.17, 15) is 9.59 Å². The second-order valence-electron chi connectivity index (χ2n) is 6.04. The van der Waals surface area contributed by atoms with Crippen LogP contribution >= 0.6 is 0 Å². The minimum absolute atomic E-state index is 0.143. The Bertz CT molecular complexity index is 683. The maximum Gasteiger partial charge on any atom is 0.409 e.